The monoisotopic (exact) mass is 592 g/mol. The standard InChI is InChI=1S/C34H44O7Si/c1-8-9-11-30-13-15-31(16-14-30)34-18-17-33(38)23-32(34)12-10-19-42(39-27(5)20-24(2)35,40-28(6)21-25(3)36)41-29(7)22-26(4)37/h13-18,20-23,38H,8-12,19H2,1-7H3. The number of hydrogen-bond donors (Lipinski definition) is 1. The highest BCUT2D eigenvalue weighted by Gasteiger charge is 2.49. The molecule has 0 aliphatic heterocycles. The van der Waals surface area contributed by atoms with Crippen LogP contribution in [0.3, 0.4) is 0 Å². The van der Waals surface area contributed by atoms with E-state index in [-0.39, 0.29) is 23.1 Å². The highest BCUT2D eigenvalue weighted by Crippen LogP contribution is 2.32. The quantitative estimate of drug-likeness (QED) is 0.114. The maximum Gasteiger partial charge on any atom is 0.698 e. The molecule has 0 saturated heterocycles. The number of phenolic OH excluding ortho intramolecular Hbond substituents is 1. The van der Waals surface area contributed by atoms with Gasteiger partial charge in [-0.15, -0.1) is 0 Å². The molecule has 0 amide bonds. The third-order valence-corrected chi connectivity index (χ3v) is 9.14. The fourth-order valence-electron chi connectivity index (χ4n) is 4.69. The summed E-state index contributed by atoms with van der Waals surface area (Å²) in [6.07, 6.45) is 8.46. The summed E-state index contributed by atoms with van der Waals surface area (Å²) in [5, 5.41) is 10.3. The topological polar surface area (TPSA) is 99.1 Å². The molecular weight excluding hydrogens is 548 g/mol. The predicted octanol–water partition coefficient (Wildman–Crippen LogP) is 7.80. The minimum atomic E-state index is -3.69. The van der Waals surface area contributed by atoms with Gasteiger partial charge in [-0.05, 0) is 102 Å². The lowest BCUT2D eigenvalue weighted by Crippen LogP contribution is -2.44. The molecule has 0 spiro atoms. The molecule has 0 unspecified atom stereocenters. The Kier molecular flexibility index (Phi) is 13.5. The lowest BCUT2D eigenvalue weighted by Gasteiger charge is -2.31. The van der Waals surface area contributed by atoms with Gasteiger partial charge in [0.25, 0.3) is 0 Å². The Morgan fingerprint density at radius 3 is 1.67 bits per heavy atom. The molecule has 226 valence electrons. The first kappa shape index (κ1) is 34.3. The van der Waals surface area contributed by atoms with Gasteiger partial charge in [0.05, 0.1) is 23.3 Å². The molecule has 0 aliphatic rings. The van der Waals surface area contributed by atoms with Crippen LogP contribution in [0.15, 0.2) is 78.0 Å². The van der Waals surface area contributed by atoms with Gasteiger partial charge in [-0.25, -0.2) is 0 Å². The normalized spacial score (nSPS) is 13.7. The fraction of sp³-hybridized carbons (Fsp3) is 0.382. The van der Waals surface area contributed by atoms with Crippen LogP contribution in [-0.2, 0) is 40.5 Å². The average Bonchev–Trinajstić information content (AvgIpc) is 2.86. The molecule has 1 N–H and O–H groups in total. The van der Waals surface area contributed by atoms with Crippen LogP contribution in [0.2, 0.25) is 6.04 Å². The predicted molar refractivity (Wildman–Crippen MR) is 168 cm³/mol. The average molecular weight is 593 g/mol. The van der Waals surface area contributed by atoms with Crippen molar-refractivity contribution >= 4 is 26.2 Å². The number of aromatic hydroxyl groups is 1. The summed E-state index contributed by atoms with van der Waals surface area (Å²) < 4.78 is 18.8. The number of benzene rings is 2. The maximum atomic E-state index is 11.8. The number of aryl methyl sites for hydroxylation is 2. The van der Waals surface area contributed by atoms with E-state index in [4.69, 9.17) is 13.3 Å². The Morgan fingerprint density at radius 2 is 1.21 bits per heavy atom. The molecule has 0 bridgehead atoms. The minimum Gasteiger partial charge on any atom is -0.508 e. The molecule has 0 heterocycles. The number of allylic oxidation sites excluding steroid dienone is 6. The molecule has 0 fully saturated rings. The van der Waals surface area contributed by atoms with E-state index >= 15 is 0 Å². The summed E-state index contributed by atoms with van der Waals surface area (Å²) in [5.41, 5.74) is 4.30. The van der Waals surface area contributed by atoms with Crippen molar-refractivity contribution in [3.63, 3.8) is 0 Å². The molecule has 0 radical (unpaired) electrons. The summed E-state index contributed by atoms with van der Waals surface area (Å²) in [4.78, 5) is 35.4. The van der Waals surface area contributed by atoms with Crippen molar-refractivity contribution in [3.8, 4) is 16.9 Å². The van der Waals surface area contributed by atoms with Gasteiger partial charge in [0.2, 0.25) is 0 Å². The van der Waals surface area contributed by atoms with Crippen molar-refractivity contribution in [2.45, 2.75) is 86.6 Å². The third kappa shape index (κ3) is 11.9. The van der Waals surface area contributed by atoms with Crippen LogP contribution in [0.4, 0.5) is 0 Å². The molecule has 0 saturated carbocycles. The van der Waals surface area contributed by atoms with Crippen molar-refractivity contribution < 1.29 is 32.8 Å². The summed E-state index contributed by atoms with van der Waals surface area (Å²) in [6.45, 7) is 11.3. The van der Waals surface area contributed by atoms with Crippen molar-refractivity contribution in [3.05, 3.63) is 89.1 Å². The smallest absolute Gasteiger partial charge is 0.508 e. The number of carbonyl (C=O) groups excluding carboxylic acids is 3. The molecule has 42 heavy (non-hydrogen) atoms. The maximum absolute atomic E-state index is 11.8. The second kappa shape index (κ2) is 16.5. The van der Waals surface area contributed by atoms with Crippen LogP contribution in [0.5, 0.6) is 5.75 Å². The molecule has 8 heteroatoms. The Balaban J connectivity index is 2.45. The Bertz CT molecular complexity index is 1260. The highest BCUT2D eigenvalue weighted by molar-refractivity contribution is 6.61. The first-order valence-electron chi connectivity index (χ1n) is 14.4. The summed E-state index contributed by atoms with van der Waals surface area (Å²) in [6, 6.07) is 14.2. The van der Waals surface area contributed by atoms with Crippen molar-refractivity contribution in [2.75, 3.05) is 0 Å². The Labute approximate surface area is 251 Å². The van der Waals surface area contributed by atoms with Crippen LogP contribution in [0.1, 0.15) is 78.9 Å². The van der Waals surface area contributed by atoms with Crippen molar-refractivity contribution in [1.82, 2.24) is 0 Å². The number of carbonyl (C=O) groups is 3. The van der Waals surface area contributed by atoms with E-state index in [1.54, 1.807) is 32.9 Å². The number of unbranched alkanes of at least 4 members (excludes halogenated alkanes) is 1. The second-order valence-corrected chi connectivity index (χ2v) is 13.1. The van der Waals surface area contributed by atoms with E-state index < -0.39 is 8.80 Å². The largest absolute Gasteiger partial charge is 0.698 e. The molecule has 0 aromatic heterocycles. The lowest BCUT2D eigenvalue weighted by atomic mass is 9.95. The highest BCUT2D eigenvalue weighted by atomic mass is 28.4. The molecule has 2 rings (SSSR count). The molecule has 2 aromatic carbocycles. The molecule has 7 nitrogen and oxygen atoms in total. The molecule has 2 aromatic rings. The van der Waals surface area contributed by atoms with Gasteiger partial charge in [0.15, 0.2) is 17.3 Å². The van der Waals surface area contributed by atoms with E-state index in [9.17, 15) is 19.5 Å². The molecule has 0 atom stereocenters. The van der Waals surface area contributed by atoms with E-state index in [1.165, 1.54) is 44.6 Å². The molecular formula is C34H44O7Si. The zero-order valence-corrected chi connectivity index (χ0v) is 26.9. The first-order valence-corrected chi connectivity index (χ1v) is 16.3. The van der Waals surface area contributed by atoms with Gasteiger partial charge in [-0.1, -0.05) is 43.7 Å². The van der Waals surface area contributed by atoms with Crippen LogP contribution < -0.4 is 0 Å². The second-order valence-electron chi connectivity index (χ2n) is 10.6. The summed E-state index contributed by atoms with van der Waals surface area (Å²) >= 11 is 0. The van der Waals surface area contributed by atoms with Crippen LogP contribution in [-0.4, -0.2) is 31.3 Å². The third-order valence-electron chi connectivity index (χ3n) is 6.27. The zero-order valence-electron chi connectivity index (χ0n) is 25.9. The first-order chi connectivity index (χ1) is 19.8. The van der Waals surface area contributed by atoms with Gasteiger partial charge in [0.1, 0.15) is 5.75 Å². The van der Waals surface area contributed by atoms with Gasteiger partial charge in [0, 0.05) is 18.2 Å². The van der Waals surface area contributed by atoms with E-state index in [0.29, 0.717) is 36.2 Å². The van der Waals surface area contributed by atoms with Crippen LogP contribution >= 0.6 is 0 Å². The van der Waals surface area contributed by atoms with Crippen molar-refractivity contribution in [2.24, 2.45) is 0 Å². The van der Waals surface area contributed by atoms with E-state index in [0.717, 1.165) is 36.0 Å². The van der Waals surface area contributed by atoms with E-state index in [2.05, 4.69) is 31.2 Å². The molecule has 0 aliphatic carbocycles. The van der Waals surface area contributed by atoms with Crippen molar-refractivity contribution in [1.29, 1.82) is 0 Å². The SMILES string of the molecule is CCCCc1ccc(-c2ccc(O)cc2CCC[Si](OC(C)=CC(C)=O)(OC(C)=CC(C)=O)OC(C)=CC(C)=O)cc1. The van der Waals surface area contributed by atoms with Gasteiger partial charge in [-0.3, -0.25) is 14.4 Å². The van der Waals surface area contributed by atoms with Gasteiger partial charge < -0.3 is 18.4 Å². The summed E-state index contributed by atoms with van der Waals surface area (Å²) in [5.74, 6) is 0.485. The number of phenols is 1. The lowest BCUT2D eigenvalue weighted by molar-refractivity contribution is -0.113. The fourth-order valence-corrected chi connectivity index (χ4v) is 7.38. The Hall–Kier alpha value is -3.91. The minimum absolute atomic E-state index is 0.168. The van der Waals surface area contributed by atoms with Crippen LogP contribution in [0, 0.1) is 0 Å². The van der Waals surface area contributed by atoms with Gasteiger partial charge in [-0.2, -0.15) is 0 Å². The Morgan fingerprint density at radius 1 is 0.714 bits per heavy atom. The zero-order chi connectivity index (χ0) is 31.3. The summed E-state index contributed by atoms with van der Waals surface area (Å²) in [7, 11) is -3.69. The van der Waals surface area contributed by atoms with E-state index in [1.807, 2.05) is 6.07 Å². The number of ketones is 3. The number of rotatable bonds is 17. The van der Waals surface area contributed by atoms with Crippen LogP contribution in [0.25, 0.3) is 11.1 Å². The number of hydrogen-bond acceptors (Lipinski definition) is 7. The van der Waals surface area contributed by atoms with Gasteiger partial charge >= 0.3 is 8.80 Å².